The fourth-order valence-corrected chi connectivity index (χ4v) is 2.42. The van der Waals surface area contributed by atoms with E-state index in [0.717, 1.165) is 16.7 Å². The monoisotopic (exact) mass is 353 g/mol. The summed E-state index contributed by atoms with van der Waals surface area (Å²) in [5.41, 5.74) is 2.99. The van der Waals surface area contributed by atoms with E-state index in [0.29, 0.717) is 18.5 Å². The van der Waals surface area contributed by atoms with Gasteiger partial charge in [-0.2, -0.15) is 0 Å². The van der Waals surface area contributed by atoms with Gasteiger partial charge in [0.15, 0.2) is 5.78 Å². The normalized spacial score (nSPS) is 10.7. The Morgan fingerprint density at radius 1 is 1.19 bits per heavy atom. The number of aryl methyl sites for hydroxylation is 1. The first-order valence-electron chi connectivity index (χ1n) is 8.43. The summed E-state index contributed by atoms with van der Waals surface area (Å²) in [6.07, 6.45) is 3.92. The molecule has 0 aliphatic carbocycles. The minimum atomic E-state index is -0.457. The third kappa shape index (κ3) is 5.77. The Balaban J connectivity index is 1.76. The van der Waals surface area contributed by atoms with Crippen LogP contribution in [0.15, 0.2) is 48.5 Å². The average molecular weight is 353 g/mol. The molecule has 0 saturated heterocycles. The van der Waals surface area contributed by atoms with E-state index >= 15 is 0 Å². The van der Waals surface area contributed by atoms with E-state index in [1.165, 1.54) is 6.92 Å². The molecular weight excluding hydrogens is 330 g/mol. The van der Waals surface area contributed by atoms with Crippen molar-refractivity contribution in [2.45, 2.75) is 26.9 Å². The molecule has 0 aliphatic heterocycles. The first kappa shape index (κ1) is 19.2. The van der Waals surface area contributed by atoms with E-state index in [9.17, 15) is 14.7 Å². The number of ether oxygens (including phenoxy) is 1. The molecule has 0 bridgehead atoms. The Bertz CT molecular complexity index is 797. The highest BCUT2D eigenvalue weighted by Crippen LogP contribution is 2.23. The molecule has 5 heteroatoms. The molecule has 0 unspecified atom stereocenters. The topological polar surface area (TPSA) is 75.6 Å². The number of ketones is 1. The number of alkyl carbamates (subject to hydrolysis) is 1. The zero-order chi connectivity index (χ0) is 18.9. The number of hydrogen-bond donors (Lipinski definition) is 2. The smallest absolute Gasteiger partial charge is 0.407 e. The van der Waals surface area contributed by atoms with Crippen LogP contribution in [0.25, 0.3) is 6.08 Å². The van der Waals surface area contributed by atoms with Crippen molar-refractivity contribution in [2.24, 2.45) is 0 Å². The van der Waals surface area contributed by atoms with E-state index < -0.39 is 6.09 Å². The number of carbonyl (C=O) groups is 2. The molecule has 0 radical (unpaired) electrons. The summed E-state index contributed by atoms with van der Waals surface area (Å²) < 4.78 is 5.12. The maximum atomic E-state index is 11.6. The van der Waals surface area contributed by atoms with E-state index in [-0.39, 0.29) is 18.1 Å². The van der Waals surface area contributed by atoms with E-state index in [1.807, 2.05) is 49.4 Å². The number of amides is 1. The molecule has 0 aromatic heterocycles. The maximum Gasteiger partial charge on any atom is 0.407 e. The molecule has 2 rings (SSSR count). The molecule has 0 heterocycles. The quantitative estimate of drug-likeness (QED) is 0.577. The van der Waals surface area contributed by atoms with Crippen molar-refractivity contribution in [1.82, 2.24) is 5.32 Å². The lowest BCUT2D eigenvalue weighted by molar-refractivity contribution is 0.101. The summed E-state index contributed by atoms with van der Waals surface area (Å²) in [6, 6.07) is 12.7. The van der Waals surface area contributed by atoms with Gasteiger partial charge in [0.25, 0.3) is 0 Å². The molecule has 0 aliphatic rings. The average Bonchev–Trinajstić information content (AvgIpc) is 2.62. The number of carbonyl (C=O) groups excluding carboxylic acids is 2. The van der Waals surface area contributed by atoms with E-state index in [1.54, 1.807) is 12.1 Å². The first-order chi connectivity index (χ1) is 12.5. The van der Waals surface area contributed by atoms with E-state index in [4.69, 9.17) is 4.74 Å². The van der Waals surface area contributed by atoms with Crippen LogP contribution in [0.2, 0.25) is 0 Å². The molecule has 5 nitrogen and oxygen atoms in total. The number of nitrogens with one attached hydrogen (secondary N) is 1. The highest BCUT2D eigenvalue weighted by atomic mass is 16.5. The number of benzene rings is 2. The molecule has 2 aromatic carbocycles. The summed E-state index contributed by atoms with van der Waals surface area (Å²) in [5, 5.41) is 12.6. The molecule has 2 N–H and O–H groups in total. The Kier molecular flexibility index (Phi) is 6.97. The Morgan fingerprint density at radius 3 is 2.62 bits per heavy atom. The van der Waals surface area contributed by atoms with Crippen LogP contribution in [0.4, 0.5) is 4.79 Å². The second-order valence-corrected chi connectivity index (χ2v) is 5.96. The molecule has 0 spiro atoms. The van der Waals surface area contributed by atoms with Gasteiger partial charge >= 0.3 is 6.09 Å². The van der Waals surface area contributed by atoms with Crippen molar-refractivity contribution >= 4 is 18.0 Å². The van der Waals surface area contributed by atoms with Crippen molar-refractivity contribution in [3.63, 3.8) is 0 Å². The first-order valence-corrected chi connectivity index (χ1v) is 8.43. The predicted octanol–water partition coefficient (Wildman–Crippen LogP) is 4.23. The van der Waals surface area contributed by atoms with Gasteiger partial charge in [-0.15, -0.1) is 0 Å². The van der Waals surface area contributed by atoms with Crippen LogP contribution >= 0.6 is 0 Å². The van der Waals surface area contributed by atoms with Gasteiger partial charge < -0.3 is 15.2 Å². The SMILES string of the molecule is CC(=O)c1cc(C)c(C=CCCNC(=O)OCc2ccccc2)cc1O. The lowest BCUT2D eigenvalue weighted by Crippen LogP contribution is -2.24. The van der Waals surface area contributed by atoms with Crippen molar-refractivity contribution in [3.05, 3.63) is 70.8 Å². The van der Waals surface area contributed by atoms with Crippen molar-refractivity contribution in [1.29, 1.82) is 0 Å². The molecule has 136 valence electrons. The number of phenolic OH excluding ortho intramolecular Hbond substituents is 1. The molecule has 1 amide bonds. The summed E-state index contributed by atoms with van der Waals surface area (Å²) in [6.45, 7) is 3.99. The van der Waals surface area contributed by atoms with Gasteiger partial charge in [0.1, 0.15) is 12.4 Å². The van der Waals surface area contributed by atoms with Gasteiger partial charge in [-0.05, 0) is 49.1 Å². The largest absolute Gasteiger partial charge is 0.507 e. The number of hydrogen-bond acceptors (Lipinski definition) is 4. The van der Waals surface area contributed by atoms with Crippen LogP contribution < -0.4 is 5.32 Å². The number of aromatic hydroxyl groups is 1. The fourth-order valence-electron chi connectivity index (χ4n) is 2.42. The van der Waals surface area contributed by atoms with E-state index in [2.05, 4.69) is 5.32 Å². The predicted molar refractivity (Wildman–Crippen MR) is 101 cm³/mol. The van der Waals surface area contributed by atoms with Gasteiger partial charge in [-0.3, -0.25) is 4.79 Å². The van der Waals surface area contributed by atoms with Crippen LogP contribution in [0.1, 0.15) is 40.4 Å². The molecule has 0 fully saturated rings. The van der Waals surface area contributed by atoms with Crippen LogP contribution in [-0.2, 0) is 11.3 Å². The number of phenols is 1. The Morgan fingerprint density at radius 2 is 1.92 bits per heavy atom. The van der Waals surface area contributed by atoms with Crippen LogP contribution in [0.3, 0.4) is 0 Å². The highest BCUT2D eigenvalue weighted by Gasteiger charge is 2.08. The lowest BCUT2D eigenvalue weighted by atomic mass is 10.0. The standard InChI is InChI=1S/C21H23NO4/c1-15-12-19(16(2)23)20(24)13-18(15)10-6-7-11-22-21(25)26-14-17-8-4-3-5-9-17/h3-6,8-10,12-13,24H,7,11,14H2,1-2H3,(H,22,25). The number of rotatable bonds is 7. The van der Waals surface area contributed by atoms with Crippen LogP contribution in [-0.4, -0.2) is 23.5 Å². The Hall–Kier alpha value is -3.08. The summed E-state index contributed by atoms with van der Waals surface area (Å²) in [4.78, 5) is 23.0. The van der Waals surface area contributed by atoms with Crippen molar-refractivity contribution in [3.8, 4) is 5.75 Å². The second-order valence-electron chi connectivity index (χ2n) is 5.96. The van der Waals surface area contributed by atoms with Gasteiger partial charge in [0.2, 0.25) is 0 Å². The van der Waals surface area contributed by atoms with Crippen molar-refractivity contribution in [2.75, 3.05) is 6.54 Å². The van der Waals surface area contributed by atoms with Crippen molar-refractivity contribution < 1.29 is 19.4 Å². The lowest BCUT2D eigenvalue weighted by Gasteiger charge is -2.07. The van der Waals surface area contributed by atoms with Gasteiger partial charge in [-0.1, -0.05) is 42.5 Å². The summed E-state index contributed by atoms with van der Waals surface area (Å²) >= 11 is 0. The minimum Gasteiger partial charge on any atom is -0.507 e. The molecular formula is C21H23NO4. The third-order valence-electron chi connectivity index (χ3n) is 3.85. The summed E-state index contributed by atoms with van der Waals surface area (Å²) in [7, 11) is 0. The molecule has 2 aromatic rings. The molecule has 26 heavy (non-hydrogen) atoms. The fraction of sp³-hybridized carbons (Fsp3) is 0.238. The minimum absolute atomic E-state index is 0.0228. The number of Topliss-reactive ketones (excluding diaryl/α,β-unsaturated/α-hetero) is 1. The highest BCUT2D eigenvalue weighted by molar-refractivity contribution is 5.97. The zero-order valence-electron chi connectivity index (χ0n) is 15.0. The van der Waals surface area contributed by atoms with Crippen LogP contribution in [0, 0.1) is 6.92 Å². The second kappa shape index (κ2) is 9.42. The zero-order valence-corrected chi connectivity index (χ0v) is 15.0. The van der Waals surface area contributed by atoms with Gasteiger partial charge in [0, 0.05) is 6.54 Å². The Labute approximate surface area is 153 Å². The summed E-state index contributed by atoms with van der Waals surface area (Å²) in [5.74, 6) is -0.190. The molecule has 0 saturated carbocycles. The van der Waals surface area contributed by atoms with Crippen LogP contribution in [0.5, 0.6) is 5.75 Å². The maximum absolute atomic E-state index is 11.6. The molecule has 0 atom stereocenters. The third-order valence-corrected chi connectivity index (χ3v) is 3.85. The van der Waals surface area contributed by atoms with Gasteiger partial charge in [0.05, 0.1) is 5.56 Å². The van der Waals surface area contributed by atoms with Gasteiger partial charge in [-0.25, -0.2) is 4.79 Å².